The molecule has 1 aromatic carbocycles. The van der Waals surface area contributed by atoms with Crippen molar-refractivity contribution in [2.75, 3.05) is 52.9 Å². The van der Waals surface area contributed by atoms with E-state index in [9.17, 15) is 14.4 Å². The van der Waals surface area contributed by atoms with Gasteiger partial charge < -0.3 is 20.3 Å². The molecule has 3 rings (SSSR count). The number of esters is 1. The van der Waals surface area contributed by atoms with Crippen LogP contribution in [0.15, 0.2) is 35.5 Å². The average Bonchev–Trinajstić information content (AvgIpc) is 3.11. The Labute approximate surface area is 214 Å². The number of ether oxygens (including phenoxy) is 1. The van der Waals surface area contributed by atoms with E-state index in [1.54, 1.807) is 14.0 Å². The predicted octanol–water partition coefficient (Wildman–Crippen LogP) is 3.45. The molecule has 0 saturated carbocycles. The van der Waals surface area contributed by atoms with Crippen molar-refractivity contribution in [3.05, 3.63) is 46.7 Å². The first-order valence-electron chi connectivity index (χ1n) is 13.1. The van der Waals surface area contributed by atoms with Crippen LogP contribution in [0.5, 0.6) is 0 Å². The maximum Gasteiger partial charge on any atom is 0.338 e. The molecule has 1 saturated heterocycles. The lowest BCUT2D eigenvalue weighted by molar-refractivity contribution is -0.139. The minimum atomic E-state index is -0.590. The summed E-state index contributed by atoms with van der Waals surface area (Å²) in [5.74, 6) is -0.0407. The van der Waals surface area contributed by atoms with Crippen molar-refractivity contribution in [3.8, 4) is 0 Å². The van der Waals surface area contributed by atoms with Crippen molar-refractivity contribution in [2.45, 2.75) is 52.5 Å². The van der Waals surface area contributed by atoms with E-state index in [1.165, 1.54) is 10.5 Å². The molecule has 9 nitrogen and oxygen atoms in total. The molecule has 198 valence electrons. The summed E-state index contributed by atoms with van der Waals surface area (Å²) in [6.45, 7) is 12.1. The van der Waals surface area contributed by atoms with Gasteiger partial charge >= 0.3 is 18.0 Å². The lowest BCUT2D eigenvalue weighted by Gasteiger charge is -2.36. The number of nitrogens with zero attached hydrogens (tertiary/aromatic N) is 3. The summed E-state index contributed by atoms with van der Waals surface area (Å²) >= 11 is 0. The lowest BCUT2D eigenvalue weighted by Crippen LogP contribution is -2.49. The van der Waals surface area contributed by atoms with E-state index >= 15 is 0 Å². The van der Waals surface area contributed by atoms with Crippen LogP contribution in [0.4, 0.5) is 9.59 Å². The molecule has 36 heavy (non-hydrogen) atoms. The largest absolute Gasteiger partial charge is 0.463 e. The highest BCUT2D eigenvalue weighted by Gasteiger charge is 2.37. The summed E-state index contributed by atoms with van der Waals surface area (Å²) in [5.41, 5.74) is 3.13. The monoisotopic (exact) mass is 499 g/mol. The number of rotatable bonds is 8. The van der Waals surface area contributed by atoms with Gasteiger partial charge in [-0.2, -0.15) is 0 Å². The average molecular weight is 500 g/mol. The van der Waals surface area contributed by atoms with Crippen LogP contribution < -0.4 is 10.6 Å². The quantitative estimate of drug-likeness (QED) is 0.535. The number of amides is 4. The van der Waals surface area contributed by atoms with Gasteiger partial charge in [0.05, 0.1) is 18.2 Å². The van der Waals surface area contributed by atoms with Crippen molar-refractivity contribution in [2.24, 2.45) is 0 Å². The molecule has 0 aromatic heterocycles. The van der Waals surface area contributed by atoms with Gasteiger partial charge in [0.1, 0.15) is 0 Å². The van der Waals surface area contributed by atoms with E-state index in [-0.39, 0.29) is 18.7 Å². The Hall–Kier alpha value is -3.07. The zero-order valence-corrected chi connectivity index (χ0v) is 22.3. The Morgan fingerprint density at radius 2 is 1.83 bits per heavy atom. The summed E-state index contributed by atoms with van der Waals surface area (Å²) < 4.78 is 5.45. The standard InChI is InChI=1S/C27H41N5O4/c1-6-13-28-26(34)32-15-8-14-31(16-17-32)18-22-23(25(33)36-7-2)24(29-27(35)30(22)5)21-11-9-20(10-12-21)19(3)4/h9-12,19,24H,6-8,13-18H2,1-5H3,(H,28,34)(H,29,35). The van der Waals surface area contributed by atoms with Crippen LogP contribution in [0.25, 0.3) is 0 Å². The number of urea groups is 2. The fourth-order valence-electron chi connectivity index (χ4n) is 4.61. The van der Waals surface area contributed by atoms with Crippen LogP contribution >= 0.6 is 0 Å². The predicted molar refractivity (Wildman–Crippen MR) is 140 cm³/mol. The van der Waals surface area contributed by atoms with E-state index in [0.717, 1.165) is 24.9 Å². The van der Waals surface area contributed by atoms with Crippen molar-refractivity contribution in [1.82, 2.24) is 25.3 Å². The molecule has 1 atom stereocenters. The summed E-state index contributed by atoms with van der Waals surface area (Å²) in [5, 5.41) is 5.94. The molecule has 0 radical (unpaired) electrons. The smallest absolute Gasteiger partial charge is 0.338 e. The normalized spacial score (nSPS) is 19.3. The highest BCUT2D eigenvalue weighted by atomic mass is 16.5. The van der Waals surface area contributed by atoms with E-state index < -0.39 is 12.0 Å². The molecular weight excluding hydrogens is 458 g/mol. The van der Waals surface area contributed by atoms with Crippen LogP contribution in [0, 0.1) is 0 Å². The first kappa shape index (κ1) is 27.5. The van der Waals surface area contributed by atoms with Gasteiger partial charge in [-0.3, -0.25) is 9.80 Å². The molecule has 0 spiro atoms. The molecule has 9 heteroatoms. The third-order valence-electron chi connectivity index (χ3n) is 6.78. The first-order valence-corrected chi connectivity index (χ1v) is 13.1. The second-order valence-electron chi connectivity index (χ2n) is 9.69. The van der Waals surface area contributed by atoms with Crippen molar-refractivity contribution < 1.29 is 19.1 Å². The highest BCUT2D eigenvalue weighted by Crippen LogP contribution is 2.32. The number of benzene rings is 1. The van der Waals surface area contributed by atoms with Gasteiger partial charge in [0.25, 0.3) is 0 Å². The van der Waals surface area contributed by atoms with Crippen LogP contribution in [0.1, 0.15) is 63.6 Å². The van der Waals surface area contributed by atoms with Gasteiger partial charge in [0.15, 0.2) is 0 Å². The Morgan fingerprint density at radius 3 is 2.47 bits per heavy atom. The molecule has 1 fully saturated rings. The maximum atomic E-state index is 13.2. The van der Waals surface area contributed by atoms with E-state index in [1.807, 2.05) is 36.1 Å². The molecule has 2 N–H and O–H groups in total. The van der Waals surface area contributed by atoms with E-state index in [0.29, 0.717) is 49.9 Å². The lowest BCUT2D eigenvalue weighted by atomic mass is 9.92. The Bertz CT molecular complexity index is 959. The molecule has 2 aliphatic rings. The number of likely N-dealkylation sites (N-methyl/N-ethyl adjacent to an activating group) is 1. The van der Waals surface area contributed by atoms with Gasteiger partial charge in [-0.25, -0.2) is 14.4 Å². The zero-order chi connectivity index (χ0) is 26.2. The molecule has 0 bridgehead atoms. The molecule has 0 aliphatic carbocycles. The molecule has 1 unspecified atom stereocenters. The Morgan fingerprint density at radius 1 is 1.11 bits per heavy atom. The van der Waals surface area contributed by atoms with Crippen molar-refractivity contribution in [1.29, 1.82) is 0 Å². The van der Waals surface area contributed by atoms with Gasteiger partial charge in [0.2, 0.25) is 0 Å². The van der Waals surface area contributed by atoms with Crippen LogP contribution in [-0.4, -0.2) is 85.7 Å². The molecule has 2 aliphatic heterocycles. The summed E-state index contributed by atoms with van der Waals surface area (Å²) in [6.07, 6.45) is 1.71. The van der Waals surface area contributed by atoms with Gasteiger partial charge in [-0.05, 0) is 36.8 Å². The maximum absolute atomic E-state index is 13.2. The summed E-state index contributed by atoms with van der Waals surface area (Å²) in [4.78, 5) is 44.2. The number of carbonyl (C=O) groups is 3. The third kappa shape index (κ3) is 6.57. The third-order valence-corrected chi connectivity index (χ3v) is 6.78. The van der Waals surface area contributed by atoms with Crippen LogP contribution in [0.2, 0.25) is 0 Å². The highest BCUT2D eigenvalue weighted by molar-refractivity contribution is 5.95. The SMILES string of the molecule is CCCNC(=O)N1CCCN(CC2=C(C(=O)OCC)C(c3ccc(C(C)C)cc3)NC(=O)N2C)CC1. The van der Waals surface area contributed by atoms with Crippen molar-refractivity contribution in [3.63, 3.8) is 0 Å². The Balaban J connectivity index is 1.89. The molecule has 1 aromatic rings. The fourth-order valence-corrected chi connectivity index (χ4v) is 4.61. The number of nitrogens with one attached hydrogen (secondary N) is 2. The number of carbonyl (C=O) groups excluding carboxylic acids is 3. The van der Waals surface area contributed by atoms with Crippen LogP contribution in [-0.2, 0) is 9.53 Å². The number of hydrogen-bond acceptors (Lipinski definition) is 5. The molecule has 4 amide bonds. The van der Waals surface area contributed by atoms with E-state index in [2.05, 4.69) is 29.4 Å². The fraction of sp³-hybridized carbons (Fsp3) is 0.593. The van der Waals surface area contributed by atoms with Crippen molar-refractivity contribution >= 4 is 18.0 Å². The second kappa shape index (κ2) is 12.8. The summed E-state index contributed by atoms with van der Waals surface area (Å²) in [7, 11) is 1.68. The number of hydrogen-bond donors (Lipinski definition) is 2. The van der Waals surface area contributed by atoms with Crippen LogP contribution in [0.3, 0.4) is 0 Å². The molecular formula is C27H41N5O4. The topological polar surface area (TPSA) is 94.2 Å². The minimum absolute atomic E-state index is 0.0378. The van der Waals surface area contributed by atoms with E-state index in [4.69, 9.17) is 4.74 Å². The van der Waals surface area contributed by atoms with Gasteiger partial charge in [0, 0.05) is 52.0 Å². The van der Waals surface area contributed by atoms with Gasteiger partial charge in [-0.15, -0.1) is 0 Å². The summed E-state index contributed by atoms with van der Waals surface area (Å²) in [6, 6.07) is 7.14. The Kier molecular flexibility index (Phi) is 9.75. The minimum Gasteiger partial charge on any atom is -0.463 e. The van der Waals surface area contributed by atoms with Gasteiger partial charge in [-0.1, -0.05) is 45.0 Å². The molecule has 2 heterocycles. The second-order valence-corrected chi connectivity index (χ2v) is 9.69. The first-order chi connectivity index (χ1) is 17.3. The zero-order valence-electron chi connectivity index (χ0n) is 22.3.